The Labute approximate surface area is 101 Å². The molecule has 5 heteroatoms. The Bertz CT molecular complexity index is 339. The van der Waals surface area contributed by atoms with E-state index in [2.05, 4.69) is 17.4 Å². The molecule has 0 bridgehead atoms. The van der Waals surface area contributed by atoms with Crippen LogP contribution >= 0.6 is 0 Å². The summed E-state index contributed by atoms with van der Waals surface area (Å²) in [5.41, 5.74) is 2.10. The molecular formula is C12H20N2O3. The van der Waals surface area contributed by atoms with Gasteiger partial charge in [0.1, 0.15) is 12.6 Å². The van der Waals surface area contributed by atoms with Gasteiger partial charge in [0, 0.05) is 18.2 Å². The summed E-state index contributed by atoms with van der Waals surface area (Å²) >= 11 is 0. The van der Waals surface area contributed by atoms with Gasteiger partial charge in [-0.25, -0.2) is 0 Å². The molecule has 2 atom stereocenters. The quantitative estimate of drug-likeness (QED) is 0.868. The molecular weight excluding hydrogens is 220 g/mol. The van der Waals surface area contributed by atoms with Crippen LogP contribution in [0.1, 0.15) is 36.4 Å². The molecule has 0 spiro atoms. The van der Waals surface area contributed by atoms with Crippen molar-refractivity contribution in [1.29, 1.82) is 0 Å². The lowest BCUT2D eigenvalue weighted by atomic mass is 10.1. The molecule has 2 unspecified atom stereocenters. The monoisotopic (exact) mass is 240 g/mol. The molecule has 5 nitrogen and oxygen atoms in total. The van der Waals surface area contributed by atoms with E-state index in [4.69, 9.17) is 14.0 Å². The lowest BCUT2D eigenvalue weighted by Gasteiger charge is -2.24. The molecule has 96 valence electrons. The van der Waals surface area contributed by atoms with Crippen LogP contribution in [0.5, 0.6) is 0 Å². The summed E-state index contributed by atoms with van der Waals surface area (Å²) in [5.74, 6) is 0.885. The fraction of sp³-hybridized carbons (Fsp3) is 0.750. The summed E-state index contributed by atoms with van der Waals surface area (Å²) in [4.78, 5) is 0. The lowest BCUT2D eigenvalue weighted by Crippen LogP contribution is -2.35. The first-order chi connectivity index (χ1) is 8.18. The van der Waals surface area contributed by atoms with Crippen LogP contribution in [0.4, 0.5) is 0 Å². The Kier molecular flexibility index (Phi) is 4.15. The van der Waals surface area contributed by atoms with Crippen LogP contribution in [0.15, 0.2) is 4.52 Å². The Balaban J connectivity index is 1.86. The van der Waals surface area contributed by atoms with E-state index in [0.29, 0.717) is 6.79 Å². The van der Waals surface area contributed by atoms with Gasteiger partial charge in [-0.05, 0) is 27.2 Å². The zero-order valence-corrected chi connectivity index (χ0v) is 10.7. The summed E-state index contributed by atoms with van der Waals surface area (Å²) in [6.07, 6.45) is 1.19. The average molecular weight is 240 g/mol. The molecule has 0 saturated carbocycles. The molecule has 0 radical (unpaired) electrons. The average Bonchev–Trinajstić information content (AvgIpc) is 2.67. The zero-order chi connectivity index (χ0) is 12.3. The van der Waals surface area contributed by atoms with E-state index in [9.17, 15) is 0 Å². The molecule has 0 amide bonds. The van der Waals surface area contributed by atoms with Crippen LogP contribution < -0.4 is 5.32 Å². The van der Waals surface area contributed by atoms with Crippen LogP contribution in [0.25, 0.3) is 0 Å². The largest absolute Gasteiger partial charge is 0.361 e. The maximum Gasteiger partial charge on any atom is 0.147 e. The van der Waals surface area contributed by atoms with Crippen LogP contribution in [0.2, 0.25) is 0 Å². The standard InChI is InChI=1S/C12H20N2O3/c1-8(12-9(2)14-17-10(12)3)13-6-11-4-5-15-7-16-11/h8,11,13H,4-7H2,1-3H3. The maximum atomic E-state index is 5.48. The highest BCUT2D eigenvalue weighted by Crippen LogP contribution is 2.21. The zero-order valence-electron chi connectivity index (χ0n) is 10.7. The fourth-order valence-electron chi connectivity index (χ4n) is 2.18. The molecule has 1 fully saturated rings. The Morgan fingerprint density at radius 1 is 1.47 bits per heavy atom. The summed E-state index contributed by atoms with van der Waals surface area (Å²) in [5, 5.41) is 7.42. The normalized spacial score (nSPS) is 22.6. The minimum Gasteiger partial charge on any atom is -0.361 e. The van der Waals surface area contributed by atoms with Crippen LogP contribution in [-0.2, 0) is 9.47 Å². The molecule has 1 saturated heterocycles. The van der Waals surface area contributed by atoms with Crippen molar-refractivity contribution in [2.24, 2.45) is 0 Å². The molecule has 1 N–H and O–H groups in total. The maximum absolute atomic E-state index is 5.48. The minimum absolute atomic E-state index is 0.229. The van der Waals surface area contributed by atoms with Crippen molar-refractivity contribution in [3.8, 4) is 0 Å². The summed E-state index contributed by atoms with van der Waals surface area (Å²) in [6.45, 7) is 8.05. The molecule has 2 heterocycles. The predicted octanol–water partition coefficient (Wildman–Crippen LogP) is 1.71. The van der Waals surface area contributed by atoms with Crippen molar-refractivity contribution in [1.82, 2.24) is 10.5 Å². The van der Waals surface area contributed by atoms with Crippen molar-refractivity contribution in [2.75, 3.05) is 19.9 Å². The second-order valence-corrected chi connectivity index (χ2v) is 4.47. The van der Waals surface area contributed by atoms with E-state index in [1.165, 1.54) is 0 Å². The van der Waals surface area contributed by atoms with Crippen molar-refractivity contribution in [3.05, 3.63) is 17.0 Å². The van der Waals surface area contributed by atoms with Crippen molar-refractivity contribution in [2.45, 2.75) is 39.3 Å². The smallest absolute Gasteiger partial charge is 0.147 e. The second kappa shape index (κ2) is 5.62. The first-order valence-electron chi connectivity index (χ1n) is 6.04. The SMILES string of the molecule is Cc1noc(C)c1C(C)NCC1CCOCO1. The number of nitrogens with one attached hydrogen (secondary N) is 1. The van der Waals surface area contributed by atoms with Gasteiger partial charge in [0.2, 0.25) is 0 Å². The topological polar surface area (TPSA) is 56.5 Å². The van der Waals surface area contributed by atoms with E-state index in [1.54, 1.807) is 0 Å². The third kappa shape index (κ3) is 3.06. The molecule has 1 aromatic rings. The number of aromatic nitrogens is 1. The Hall–Kier alpha value is -0.910. The number of rotatable bonds is 4. The third-order valence-corrected chi connectivity index (χ3v) is 3.14. The molecule has 2 rings (SSSR count). The second-order valence-electron chi connectivity index (χ2n) is 4.47. The van der Waals surface area contributed by atoms with Crippen molar-refractivity contribution in [3.63, 3.8) is 0 Å². The number of aryl methyl sites for hydroxylation is 2. The van der Waals surface area contributed by atoms with Gasteiger partial charge in [-0.15, -0.1) is 0 Å². The fourth-order valence-corrected chi connectivity index (χ4v) is 2.18. The number of hydrogen-bond donors (Lipinski definition) is 1. The molecule has 1 aliphatic heterocycles. The summed E-state index contributed by atoms with van der Waals surface area (Å²) in [6, 6.07) is 0.229. The van der Waals surface area contributed by atoms with Crippen molar-refractivity contribution >= 4 is 0 Å². The van der Waals surface area contributed by atoms with Gasteiger partial charge in [-0.1, -0.05) is 5.16 Å². The molecule has 1 aromatic heterocycles. The first kappa shape index (κ1) is 12.5. The van der Waals surface area contributed by atoms with Gasteiger partial charge in [0.05, 0.1) is 18.4 Å². The van der Waals surface area contributed by atoms with Crippen LogP contribution in [0.3, 0.4) is 0 Å². The Morgan fingerprint density at radius 3 is 2.88 bits per heavy atom. The van der Waals surface area contributed by atoms with Gasteiger partial charge >= 0.3 is 0 Å². The van der Waals surface area contributed by atoms with Crippen LogP contribution in [0, 0.1) is 13.8 Å². The van der Waals surface area contributed by atoms with E-state index in [1.807, 2.05) is 13.8 Å². The van der Waals surface area contributed by atoms with E-state index in [0.717, 1.165) is 36.6 Å². The van der Waals surface area contributed by atoms with Gasteiger partial charge < -0.3 is 19.3 Å². The van der Waals surface area contributed by atoms with E-state index >= 15 is 0 Å². The number of nitrogens with zero attached hydrogens (tertiary/aromatic N) is 1. The van der Waals surface area contributed by atoms with Gasteiger partial charge in [-0.3, -0.25) is 0 Å². The molecule has 0 aliphatic carbocycles. The lowest BCUT2D eigenvalue weighted by molar-refractivity contribution is -0.137. The highest BCUT2D eigenvalue weighted by Gasteiger charge is 2.19. The predicted molar refractivity (Wildman–Crippen MR) is 62.7 cm³/mol. The summed E-state index contributed by atoms with van der Waals surface area (Å²) < 4.78 is 15.8. The molecule has 0 aromatic carbocycles. The molecule has 1 aliphatic rings. The first-order valence-corrected chi connectivity index (χ1v) is 6.04. The van der Waals surface area contributed by atoms with Gasteiger partial charge in [0.25, 0.3) is 0 Å². The third-order valence-electron chi connectivity index (χ3n) is 3.14. The molecule has 17 heavy (non-hydrogen) atoms. The number of hydrogen-bond acceptors (Lipinski definition) is 5. The number of ether oxygens (including phenoxy) is 2. The van der Waals surface area contributed by atoms with Crippen molar-refractivity contribution < 1.29 is 14.0 Å². The Morgan fingerprint density at radius 2 is 2.29 bits per heavy atom. The van der Waals surface area contributed by atoms with Crippen LogP contribution in [-0.4, -0.2) is 31.2 Å². The summed E-state index contributed by atoms with van der Waals surface area (Å²) in [7, 11) is 0. The highest BCUT2D eigenvalue weighted by molar-refractivity contribution is 5.24. The van der Waals surface area contributed by atoms with Gasteiger partial charge in [-0.2, -0.15) is 0 Å². The van der Waals surface area contributed by atoms with E-state index in [-0.39, 0.29) is 12.1 Å². The van der Waals surface area contributed by atoms with E-state index < -0.39 is 0 Å². The minimum atomic E-state index is 0.229. The highest BCUT2D eigenvalue weighted by atomic mass is 16.7. The van der Waals surface area contributed by atoms with Gasteiger partial charge in [0.15, 0.2) is 0 Å².